The smallest absolute Gasteiger partial charge is 0.273 e. The Labute approximate surface area is 117 Å². The van der Waals surface area contributed by atoms with E-state index in [-0.39, 0.29) is 23.8 Å². The Kier molecular flexibility index (Phi) is 3.23. The standard InChI is InChI=1S/C14H19N3O3/c1-8-6-17(9(2)18)7-12(8)15-14(19)11-5-13(20-16-11)10-3-4-10/h5,8,10,12H,3-4,6-7H2,1-2H3,(H,15,19)/t8-,12+/m1/s1. The molecule has 2 fully saturated rings. The van der Waals surface area contributed by atoms with Gasteiger partial charge in [0.05, 0.1) is 6.04 Å². The third kappa shape index (κ3) is 2.55. The molecule has 2 heterocycles. The molecule has 1 aromatic rings. The minimum atomic E-state index is -0.220. The summed E-state index contributed by atoms with van der Waals surface area (Å²) in [6, 6.07) is 1.71. The van der Waals surface area contributed by atoms with Gasteiger partial charge in [-0.05, 0) is 18.8 Å². The van der Waals surface area contributed by atoms with E-state index in [1.807, 2.05) is 6.92 Å². The molecule has 1 N–H and O–H groups in total. The molecule has 0 bridgehead atoms. The predicted molar refractivity (Wildman–Crippen MR) is 71.2 cm³/mol. The van der Waals surface area contributed by atoms with Crippen molar-refractivity contribution in [3.05, 3.63) is 17.5 Å². The van der Waals surface area contributed by atoms with Crippen LogP contribution in [0.1, 0.15) is 48.9 Å². The average Bonchev–Trinajstić information content (AvgIpc) is 3.01. The predicted octanol–water partition coefficient (Wildman–Crippen LogP) is 1.15. The zero-order valence-corrected chi connectivity index (χ0v) is 11.8. The van der Waals surface area contributed by atoms with E-state index < -0.39 is 0 Å². The molecule has 2 aliphatic rings. The summed E-state index contributed by atoms with van der Waals surface area (Å²) in [5, 5.41) is 6.78. The summed E-state index contributed by atoms with van der Waals surface area (Å²) >= 11 is 0. The Morgan fingerprint density at radius 2 is 2.15 bits per heavy atom. The highest BCUT2D eigenvalue weighted by Gasteiger charge is 2.33. The van der Waals surface area contributed by atoms with E-state index in [2.05, 4.69) is 10.5 Å². The van der Waals surface area contributed by atoms with Gasteiger partial charge in [0.25, 0.3) is 5.91 Å². The number of nitrogens with zero attached hydrogens (tertiary/aromatic N) is 2. The fourth-order valence-electron chi connectivity index (χ4n) is 2.61. The number of nitrogens with one attached hydrogen (secondary N) is 1. The molecule has 6 heteroatoms. The number of carbonyl (C=O) groups is 2. The fraction of sp³-hybridized carbons (Fsp3) is 0.643. The van der Waals surface area contributed by atoms with E-state index in [0.29, 0.717) is 24.7 Å². The van der Waals surface area contributed by atoms with Crippen molar-refractivity contribution in [2.24, 2.45) is 5.92 Å². The molecule has 1 aliphatic heterocycles. The molecular weight excluding hydrogens is 258 g/mol. The SMILES string of the molecule is CC(=O)N1C[C@@H](C)[C@@H](NC(=O)c2cc(C3CC3)on2)C1. The number of likely N-dealkylation sites (tertiary alicyclic amines) is 1. The topological polar surface area (TPSA) is 75.4 Å². The van der Waals surface area contributed by atoms with Crippen LogP contribution in [0.15, 0.2) is 10.6 Å². The molecule has 1 aliphatic carbocycles. The van der Waals surface area contributed by atoms with Gasteiger partial charge in [-0.25, -0.2) is 0 Å². The first-order valence-electron chi connectivity index (χ1n) is 7.07. The van der Waals surface area contributed by atoms with Crippen molar-refractivity contribution in [1.82, 2.24) is 15.4 Å². The van der Waals surface area contributed by atoms with Crippen molar-refractivity contribution in [3.8, 4) is 0 Å². The van der Waals surface area contributed by atoms with Crippen LogP contribution in [0, 0.1) is 5.92 Å². The summed E-state index contributed by atoms with van der Waals surface area (Å²) in [7, 11) is 0. The number of amides is 2. The van der Waals surface area contributed by atoms with Crippen LogP contribution in [0.2, 0.25) is 0 Å². The molecule has 1 aromatic heterocycles. The van der Waals surface area contributed by atoms with Gasteiger partial charge in [0, 0.05) is 32.0 Å². The molecule has 1 saturated carbocycles. The Morgan fingerprint density at radius 3 is 2.75 bits per heavy atom. The highest BCUT2D eigenvalue weighted by Crippen LogP contribution is 2.40. The fourth-order valence-corrected chi connectivity index (χ4v) is 2.61. The number of aromatic nitrogens is 1. The maximum atomic E-state index is 12.1. The molecule has 1 saturated heterocycles. The van der Waals surface area contributed by atoms with Gasteiger partial charge in [-0.1, -0.05) is 12.1 Å². The minimum absolute atomic E-state index is 0.0209. The highest BCUT2D eigenvalue weighted by atomic mass is 16.5. The number of carbonyl (C=O) groups excluding carboxylic acids is 2. The molecule has 3 rings (SSSR count). The Morgan fingerprint density at radius 1 is 1.40 bits per heavy atom. The summed E-state index contributed by atoms with van der Waals surface area (Å²) in [6.07, 6.45) is 2.23. The molecule has 0 unspecified atom stereocenters. The van der Waals surface area contributed by atoms with Crippen LogP contribution in [-0.2, 0) is 4.79 Å². The normalized spacial score (nSPS) is 25.8. The lowest BCUT2D eigenvalue weighted by Gasteiger charge is -2.15. The summed E-state index contributed by atoms with van der Waals surface area (Å²) < 4.78 is 5.19. The molecule has 0 spiro atoms. The van der Waals surface area contributed by atoms with Crippen molar-refractivity contribution in [2.75, 3.05) is 13.1 Å². The Balaban J connectivity index is 1.61. The number of rotatable bonds is 3. The van der Waals surface area contributed by atoms with E-state index in [1.165, 1.54) is 0 Å². The largest absolute Gasteiger partial charge is 0.360 e. The van der Waals surface area contributed by atoms with Crippen LogP contribution in [-0.4, -0.2) is 41.0 Å². The monoisotopic (exact) mass is 277 g/mol. The summed E-state index contributed by atoms with van der Waals surface area (Å²) in [4.78, 5) is 25.3. The van der Waals surface area contributed by atoms with Crippen molar-refractivity contribution < 1.29 is 14.1 Å². The van der Waals surface area contributed by atoms with E-state index in [9.17, 15) is 9.59 Å². The van der Waals surface area contributed by atoms with E-state index >= 15 is 0 Å². The van der Waals surface area contributed by atoms with Crippen molar-refractivity contribution >= 4 is 11.8 Å². The molecule has 0 radical (unpaired) electrons. The maximum Gasteiger partial charge on any atom is 0.273 e. The molecule has 2 amide bonds. The zero-order valence-electron chi connectivity index (χ0n) is 11.8. The molecule has 2 atom stereocenters. The van der Waals surface area contributed by atoms with Crippen molar-refractivity contribution in [2.45, 2.75) is 38.6 Å². The third-order valence-electron chi connectivity index (χ3n) is 4.11. The lowest BCUT2D eigenvalue weighted by molar-refractivity contribution is -0.127. The molecular formula is C14H19N3O3. The molecule has 0 aromatic carbocycles. The van der Waals surface area contributed by atoms with Crippen molar-refractivity contribution in [3.63, 3.8) is 0 Å². The van der Waals surface area contributed by atoms with E-state index in [1.54, 1.807) is 17.9 Å². The highest BCUT2D eigenvalue weighted by molar-refractivity contribution is 5.92. The van der Waals surface area contributed by atoms with Crippen LogP contribution < -0.4 is 5.32 Å². The van der Waals surface area contributed by atoms with Gasteiger partial charge in [0.15, 0.2) is 5.69 Å². The molecule has 108 valence electrons. The van der Waals surface area contributed by atoms with Gasteiger partial charge >= 0.3 is 0 Å². The van der Waals surface area contributed by atoms with Gasteiger partial charge in [0.1, 0.15) is 5.76 Å². The number of hydrogen-bond donors (Lipinski definition) is 1. The zero-order chi connectivity index (χ0) is 14.3. The lowest BCUT2D eigenvalue weighted by atomic mass is 10.1. The van der Waals surface area contributed by atoms with Gasteiger partial charge in [-0.15, -0.1) is 0 Å². The second-order valence-corrected chi connectivity index (χ2v) is 5.87. The lowest BCUT2D eigenvalue weighted by Crippen LogP contribution is -2.40. The maximum absolute atomic E-state index is 12.1. The third-order valence-corrected chi connectivity index (χ3v) is 4.11. The first-order valence-corrected chi connectivity index (χ1v) is 7.07. The van der Waals surface area contributed by atoms with E-state index in [0.717, 1.165) is 18.6 Å². The van der Waals surface area contributed by atoms with Crippen molar-refractivity contribution in [1.29, 1.82) is 0 Å². The van der Waals surface area contributed by atoms with E-state index in [4.69, 9.17) is 4.52 Å². The summed E-state index contributed by atoms with van der Waals surface area (Å²) in [6.45, 7) is 4.84. The second kappa shape index (κ2) is 4.92. The second-order valence-electron chi connectivity index (χ2n) is 5.87. The van der Waals surface area contributed by atoms with Crippen LogP contribution in [0.5, 0.6) is 0 Å². The number of hydrogen-bond acceptors (Lipinski definition) is 4. The van der Waals surface area contributed by atoms with Crippen LogP contribution >= 0.6 is 0 Å². The van der Waals surface area contributed by atoms with Crippen LogP contribution in [0.25, 0.3) is 0 Å². The van der Waals surface area contributed by atoms with Gasteiger partial charge in [-0.3, -0.25) is 9.59 Å². The first kappa shape index (κ1) is 13.1. The van der Waals surface area contributed by atoms with Gasteiger partial charge in [-0.2, -0.15) is 0 Å². The Bertz CT molecular complexity index is 536. The average molecular weight is 277 g/mol. The molecule has 20 heavy (non-hydrogen) atoms. The Hall–Kier alpha value is -1.85. The van der Waals surface area contributed by atoms with Gasteiger partial charge in [0.2, 0.25) is 5.91 Å². The summed E-state index contributed by atoms with van der Waals surface area (Å²) in [5.74, 6) is 1.33. The van der Waals surface area contributed by atoms with Crippen LogP contribution in [0.4, 0.5) is 0 Å². The van der Waals surface area contributed by atoms with Crippen LogP contribution in [0.3, 0.4) is 0 Å². The quantitative estimate of drug-likeness (QED) is 0.899. The molecule has 6 nitrogen and oxygen atoms in total. The van der Waals surface area contributed by atoms with Gasteiger partial charge < -0.3 is 14.7 Å². The minimum Gasteiger partial charge on any atom is -0.360 e. The first-order chi connectivity index (χ1) is 9.54. The summed E-state index contributed by atoms with van der Waals surface area (Å²) in [5.41, 5.74) is 0.334.